The Morgan fingerprint density at radius 3 is 3.25 bits per heavy atom. The molecule has 1 fully saturated rings. The average molecular weight is 186 g/mol. The zero-order chi connectivity index (χ0) is 8.39. The van der Waals surface area contributed by atoms with Crippen molar-refractivity contribution in [2.24, 2.45) is 0 Å². The van der Waals surface area contributed by atoms with E-state index in [0.29, 0.717) is 11.1 Å². The van der Waals surface area contributed by atoms with Gasteiger partial charge in [0.1, 0.15) is 0 Å². The number of nitrogens with zero attached hydrogens (tertiary/aromatic N) is 1. The van der Waals surface area contributed by atoms with E-state index in [1.807, 2.05) is 11.8 Å². The molecular formula is C7H10N2O2S. The van der Waals surface area contributed by atoms with Crippen LogP contribution in [0.3, 0.4) is 0 Å². The third-order valence-corrected chi connectivity index (χ3v) is 3.33. The van der Waals surface area contributed by atoms with Crippen molar-refractivity contribution in [1.82, 2.24) is 10.1 Å². The largest absolute Gasteiger partial charge is 0.438 e. The van der Waals surface area contributed by atoms with Gasteiger partial charge >= 0.3 is 5.76 Å². The Kier molecular flexibility index (Phi) is 2.21. The van der Waals surface area contributed by atoms with E-state index in [1.54, 1.807) is 0 Å². The second-order valence-electron chi connectivity index (χ2n) is 2.88. The van der Waals surface area contributed by atoms with Gasteiger partial charge in [0.05, 0.1) is 0 Å². The van der Waals surface area contributed by atoms with E-state index in [2.05, 4.69) is 14.7 Å². The molecule has 4 nitrogen and oxygen atoms in total. The highest BCUT2D eigenvalue weighted by atomic mass is 32.2. The molecule has 0 spiro atoms. The lowest BCUT2D eigenvalue weighted by Gasteiger charge is -2.02. The maximum absolute atomic E-state index is 10.6. The smallest absolute Gasteiger partial charge is 0.296 e. The predicted molar refractivity (Wildman–Crippen MR) is 46.3 cm³/mol. The van der Waals surface area contributed by atoms with Gasteiger partial charge in [-0.25, -0.2) is 4.79 Å². The fourth-order valence-corrected chi connectivity index (χ4v) is 2.65. The number of aromatic nitrogens is 2. The van der Waals surface area contributed by atoms with Crippen molar-refractivity contribution in [1.29, 1.82) is 0 Å². The molecule has 2 heterocycles. The summed E-state index contributed by atoms with van der Waals surface area (Å²) in [6.07, 6.45) is 3.33. The monoisotopic (exact) mass is 186 g/mol. The number of H-pyrrole nitrogens is 1. The van der Waals surface area contributed by atoms with Gasteiger partial charge in [-0.1, -0.05) is 5.16 Å². The average Bonchev–Trinajstić information content (AvgIpc) is 2.63. The number of rotatable bonds is 2. The van der Waals surface area contributed by atoms with E-state index in [9.17, 15) is 4.79 Å². The van der Waals surface area contributed by atoms with E-state index >= 15 is 0 Å². The third-order valence-electron chi connectivity index (χ3n) is 1.93. The lowest BCUT2D eigenvalue weighted by Crippen LogP contribution is -2.05. The van der Waals surface area contributed by atoms with Gasteiger partial charge in [0.2, 0.25) is 0 Å². The number of hydrogen-bond donors (Lipinski definition) is 1. The fraction of sp³-hybridized carbons (Fsp3) is 0.714. The molecule has 1 atom stereocenters. The molecule has 0 radical (unpaired) electrons. The fourth-order valence-electron chi connectivity index (χ4n) is 1.37. The lowest BCUT2D eigenvalue weighted by molar-refractivity contribution is 0.381. The second-order valence-corrected chi connectivity index (χ2v) is 4.29. The highest BCUT2D eigenvalue weighted by Crippen LogP contribution is 2.27. The summed E-state index contributed by atoms with van der Waals surface area (Å²) in [4.78, 5) is 13.1. The van der Waals surface area contributed by atoms with Crippen molar-refractivity contribution in [3.05, 3.63) is 16.4 Å². The molecule has 0 bridgehead atoms. The number of aromatic amines is 1. The van der Waals surface area contributed by atoms with Crippen LogP contribution in [0.2, 0.25) is 0 Å². The van der Waals surface area contributed by atoms with Crippen molar-refractivity contribution in [3.63, 3.8) is 0 Å². The molecule has 0 amide bonds. The summed E-state index contributed by atoms with van der Waals surface area (Å²) >= 11 is 1.94. The topological polar surface area (TPSA) is 58.9 Å². The van der Waals surface area contributed by atoms with E-state index < -0.39 is 5.76 Å². The van der Waals surface area contributed by atoms with Crippen LogP contribution in [0, 0.1) is 0 Å². The van der Waals surface area contributed by atoms with Crippen LogP contribution >= 0.6 is 11.8 Å². The van der Waals surface area contributed by atoms with Gasteiger partial charge in [0, 0.05) is 11.7 Å². The Morgan fingerprint density at radius 2 is 2.67 bits per heavy atom. The zero-order valence-electron chi connectivity index (χ0n) is 6.58. The molecule has 1 N–H and O–H groups in total. The molecular weight excluding hydrogens is 176 g/mol. The lowest BCUT2D eigenvalue weighted by atomic mass is 10.2. The van der Waals surface area contributed by atoms with Crippen molar-refractivity contribution < 1.29 is 4.52 Å². The summed E-state index contributed by atoms with van der Waals surface area (Å²) in [6.45, 7) is 0. The summed E-state index contributed by atoms with van der Waals surface area (Å²) in [7, 11) is 0. The Hall–Kier alpha value is -0.710. The van der Waals surface area contributed by atoms with Crippen LogP contribution in [0.15, 0.2) is 9.32 Å². The molecule has 66 valence electrons. The molecule has 0 aliphatic carbocycles. The van der Waals surface area contributed by atoms with E-state index in [4.69, 9.17) is 0 Å². The van der Waals surface area contributed by atoms with Gasteiger partial charge in [-0.15, -0.1) is 0 Å². The van der Waals surface area contributed by atoms with Gasteiger partial charge in [-0.05, 0) is 18.6 Å². The van der Waals surface area contributed by atoms with Crippen molar-refractivity contribution in [2.45, 2.75) is 24.5 Å². The first-order valence-corrected chi connectivity index (χ1v) is 5.06. The number of hydrogen-bond acceptors (Lipinski definition) is 4. The summed E-state index contributed by atoms with van der Waals surface area (Å²) in [5.41, 5.74) is 0. The molecule has 1 aromatic rings. The van der Waals surface area contributed by atoms with Crippen LogP contribution < -0.4 is 5.76 Å². The van der Waals surface area contributed by atoms with Gasteiger partial charge in [-0.2, -0.15) is 11.8 Å². The van der Waals surface area contributed by atoms with Crippen LogP contribution in [0.25, 0.3) is 0 Å². The molecule has 1 aliphatic rings. The molecule has 0 saturated carbocycles. The Bertz CT molecular complexity index is 300. The van der Waals surface area contributed by atoms with E-state index in [0.717, 1.165) is 6.42 Å². The third kappa shape index (κ3) is 1.72. The molecule has 2 rings (SSSR count). The van der Waals surface area contributed by atoms with Gasteiger partial charge < -0.3 is 0 Å². The van der Waals surface area contributed by atoms with E-state index in [1.165, 1.54) is 18.6 Å². The van der Waals surface area contributed by atoms with Crippen molar-refractivity contribution in [3.8, 4) is 0 Å². The zero-order valence-corrected chi connectivity index (χ0v) is 7.39. The Morgan fingerprint density at radius 1 is 1.75 bits per heavy atom. The second kappa shape index (κ2) is 3.35. The first kappa shape index (κ1) is 7.91. The Labute approximate surface area is 73.7 Å². The van der Waals surface area contributed by atoms with Gasteiger partial charge in [0.25, 0.3) is 0 Å². The van der Waals surface area contributed by atoms with Crippen LogP contribution in [-0.2, 0) is 6.42 Å². The van der Waals surface area contributed by atoms with Crippen LogP contribution in [0.1, 0.15) is 18.7 Å². The molecule has 1 aliphatic heterocycles. The molecule has 1 unspecified atom stereocenters. The molecule has 5 heteroatoms. The molecule has 12 heavy (non-hydrogen) atoms. The van der Waals surface area contributed by atoms with Crippen LogP contribution in [0.5, 0.6) is 0 Å². The van der Waals surface area contributed by atoms with Gasteiger partial charge in [0.15, 0.2) is 5.82 Å². The summed E-state index contributed by atoms with van der Waals surface area (Å²) in [5.74, 6) is 1.46. The Balaban J connectivity index is 1.98. The number of thioether (sulfide) groups is 1. The highest BCUT2D eigenvalue weighted by Gasteiger charge is 2.17. The SMILES string of the molecule is O=c1[nH]c(CC2CCCS2)no1. The molecule has 0 aromatic carbocycles. The summed E-state index contributed by atoms with van der Waals surface area (Å²) < 4.78 is 4.40. The van der Waals surface area contributed by atoms with Crippen LogP contribution in [0.4, 0.5) is 0 Å². The highest BCUT2D eigenvalue weighted by molar-refractivity contribution is 8.00. The molecule has 1 aromatic heterocycles. The van der Waals surface area contributed by atoms with E-state index in [-0.39, 0.29) is 0 Å². The minimum absolute atomic E-state index is 0.451. The summed E-state index contributed by atoms with van der Waals surface area (Å²) in [5, 5.41) is 4.24. The predicted octanol–water partition coefficient (Wildman–Crippen LogP) is 0.801. The first-order chi connectivity index (χ1) is 5.84. The maximum Gasteiger partial charge on any atom is 0.438 e. The van der Waals surface area contributed by atoms with Crippen molar-refractivity contribution in [2.75, 3.05) is 5.75 Å². The minimum Gasteiger partial charge on any atom is -0.296 e. The normalized spacial score (nSPS) is 23.2. The standard InChI is InChI=1S/C7H10N2O2S/c10-7-8-6(9-11-7)4-5-2-1-3-12-5/h5H,1-4H2,(H,8,9,10). The van der Waals surface area contributed by atoms with Crippen LogP contribution in [-0.4, -0.2) is 21.1 Å². The summed E-state index contributed by atoms with van der Waals surface area (Å²) in [6, 6.07) is 0. The minimum atomic E-state index is -0.451. The quantitative estimate of drug-likeness (QED) is 0.742. The van der Waals surface area contributed by atoms with Crippen molar-refractivity contribution >= 4 is 11.8 Å². The molecule has 1 saturated heterocycles. The first-order valence-electron chi connectivity index (χ1n) is 4.01. The maximum atomic E-state index is 10.6. The number of nitrogens with one attached hydrogen (secondary N) is 1. The van der Waals surface area contributed by atoms with Gasteiger partial charge in [-0.3, -0.25) is 9.51 Å².